The van der Waals surface area contributed by atoms with E-state index in [1.807, 2.05) is 76.2 Å². The molecule has 0 unspecified atom stereocenters. The van der Waals surface area contributed by atoms with Crippen molar-refractivity contribution in [3.8, 4) is 23.0 Å². The fourth-order valence-electron chi connectivity index (χ4n) is 9.27. The molecule has 0 aromatic heterocycles. The van der Waals surface area contributed by atoms with Crippen molar-refractivity contribution in [2.45, 2.75) is 83.7 Å². The Kier molecular flexibility index (Phi) is 11.3. The van der Waals surface area contributed by atoms with E-state index in [4.69, 9.17) is 9.47 Å². The van der Waals surface area contributed by atoms with E-state index in [1.165, 1.54) is 35.3 Å². The molecule has 4 aliphatic heterocycles. The smallest absolute Gasteiger partial charge is 0.262 e. The first-order valence-electron chi connectivity index (χ1n) is 21.7. The predicted octanol–water partition coefficient (Wildman–Crippen LogP) is 7.76. The van der Waals surface area contributed by atoms with Gasteiger partial charge < -0.3 is 9.47 Å². The molecule has 14 nitrogen and oxygen atoms in total. The predicted molar refractivity (Wildman–Crippen MR) is 237 cm³/mol. The lowest BCUT2D eigenvalue weighted by molar-refractivity contribution is -0.145. The molecule has 0 N–H and O–H groups in total. The summed E-state index contributed by atoms with van der Waals surface area (Å²) in [6.07, 6.45) is 6.18. The van der Waals surface area contributed by atoms with Gasteiger partial charge >= 0.3 is 0 Å². The molecule has 4 aromatic carbocycles. The molecule has 0 aliphatic carbocycles. The molecule has 8 rings (SSSR count). The van der Waals surface area contributed by atoms with Crippen molar-refractivity contribution in [3.63, 3.8) is 0 Å². The average molecular weight is 877 g/mol. The van der Waals surface area contributed by atoms with E-state index in [-0.39, 0.29) is 35.3 Å². The van der Waals surface area contributed by atoms with Gasteiger partial charge in [-0.25, -0.2) is 0 Å². The van der Waals surface area contributed by atoms with Crippen molar-refractivity contribution in [1.82, 2.24) is 19.6 Å². The first-order chi connectivity index (χ1) is 31.0. The molecule has 65 heavy (non-hydrogen) atoms. The third-order valence-electron chi connectivity index (χ3n) is 13.6. The van der Waals surface area contributed by atoms with Crippen LogP contribution in [0.4, 0.5) is 0 Å². The average Bonchev–Trinajstić information content (AvgIpc) is 3.97. The molecule has 4 aliphatic rings. The van der Waals surface area contributed by atoms with Crippen LogP contribution in [0.1, 0.15) is 120 Å². The quantitative estimate of drug-likeness (QED) is 0.102. The summed E-state index contributed by atoms with van der Waals surface area (Å²) < 4.78 is 12.3. The maximum Gasteiger partial charge on any atom is 0.262 e. The zero-order chi connectivity index (χ0) is 46.6. The summed E-state index contributed by atoms with van der Waals surface area (Å²) >= 11 is 0. The molecule has 4 heterocycles. The van der Waals surface area contributed by atoms with Gasteiger partial charge in [-0.3, -0.25) is 58.0 Å². The molecule has 0 fully saturated rings. The molecule has 0 bridgehead atoms. The van der Waals surface area contributed by atoms with Gasteiger partial charge in [-0.2, -0.15) is 0 Å². The van der Waals surface area contributed by atoms with Gasteiger partial charge in [-0.1, -0.05) is 65.8 Å². The second-order valence-electron chi connectivity index (χ2n) is 17.2. The molecule has 0 atom stereocenters. The van der Waals surface area contributed by atoms with Crippen molar-refractivity contribution in [3.05, 3.63) is 143 Å². The van der Waals surface area contributed by atoms with E-state index >= 15 is 0 Å². The maximum atomic E-state index is 13.9. The van der Waals surface area contributed by atoms with Crippen LogP contribution >= 0.6 is 0 Å². The Bertz CT molecular complexity index is 2720. The standard InChI is InChI=1S/C51H48N4O10/c1-7-50(8-2,54-43(58)25-26-44(54)59)30-53-45(60)37-21-19-35(27-39(37)46(53)61)64-33-15-11-31(12-16-33)49(5,6)32-13-17-34(18-14-32)65-36-20-22-38-40(28-36)48(63)55(47(38)62)51(9-3,10-4)29-52-41(56)23-24-42(52)57/h11-28H,7-10,29-30H2,1-6H3. The summed E-state index contributed by atoms with van der Waals surface area (Å²) in [4.78, 5) is 109. The van der Waals surface area contributed by atoms with Gasteiger partial charge in [0.25, 0.3) is 47.3 Å². The summed E-state index contributed by atoms with van der Waals surface area (Å²) in [5.41, 5.74) is 0.191. The molecule has 0 spiro atoms. The normalized spacial score (nSPS) is 16.2. The summed E-state index contributed by atoms with van der Waals surface area (Å²) in [6.45, 7) is 11.2. The van der Waals surface area contributed by atoms with E-state index in [2.05, 4.69) is 13.8 Å². The van der Waals surface area contributed by atoms with Crippen LogP contribution in [0.2, 0.25) is 0 Å². The molecule has 14 heteroatoms. The Morgan fingerprint density at radius 1 is 0.400 bits per heavy atom. The number of ether oxygens (including phenoxy) is 2. The van der Waals surface area contributed by atoms with Gasteiger partial charge in [-0.05, 0) is 97.5 Å². The van der Waals surface area contributed by atoms with Crippen molar-refractivity contribution in [2.24, 2.45) is 0 Å². The van der Waals surface area contributed by atoms with Crippen LogP contribution < -0.4 is 9.47 Å². The molecule has 4 aromatic rings. The minimum absolute atomic E-state index is 0.0993. The SMILES string of the molecule is CCC(CC)(CN1C(=O)c2ccc(Oc3ccc(C(C)(C)c4ccc(Oc5ccc6c(c5)C(=O)N(C(CC)(CC)CN5C(=O)C=CC5=O)C6=O)cc4)cc3)cc2C1=O)N1C(=O)C=CC1=O. The van der Waals surface area contributed by atoms with Crippen molar-refractivity contribution < 1.29 is 47.8 Å². The number of fused-ring (bicyclic) bond motifs is 2. The number of imide groups is 4. The summed E-state index contributed by atoms with van der Waals surface area (Å²) in [5.74, 6) is -2.16. The van der Waals surface area contributed by atoms with Crippen molar-refractivity contribution in [1.29, 1.82) is 0 Å². The van der Waals surface area contributed by atoms with Crippen LogP contribution in [0.15, 0.2) is 109 Å². The Balaban J connectivity index is 0.921. The highest BCUT2D eigenvalue weighted by atomic mass is 16.5. The molecule has 0 radical (unpaired) electrons. The lowest BCUT2D eigenvalue weighted by Gasteiger charge is -2.41. The zero-order valence-corrected chi connectivity index (χ0v) is 37.0. The second kappa shape index (κ2) is 16.6. The van der Waals surface area contributed by atoms with Gasteiger partial charge in [-0.15, -0.1) is 0 Å². The number of hydrogen-bond donors (Lipinski definition) is 0. The molecular weight excluding hydrogens is 829 g/mol. The lowest BCUT2D eigenvalue weighted by Crippen LogP contribution is -2.58. The number of carbonyl (C=O) groups is 8. The minimum atomic E-state index is -1.09. The van der Waals surface area contributed by atoms with Crippen LogP contribution in [-0.2, 0) is 24.6 Å². The highest BCUT2D eigenvalue weighted by Gasteiger charge is 2.50. The molecular formula is C51H48N4O10. The van der Waals surface area contributed by atoms with Gasteiger partial charge in [0.2, 0.25) is 0 Å². The molecule has 0 saturated carbocycles. The summed E-state index contributed by atoms with van der Waals surface area (Å²) in [6, 6.07) is 24.5. The highest BCUT2D eigenvalue weighted by Crippen LogP contribution is 2.40. The zero-order valence-electron chi connectivity index (χ0n) is 37.0. The van der Waals surface area contributed by atoms with Crippen molar-refractivity contribution in [2.75, 3.05) is 13.1 Å². The van der Waals surface area contributed by atoms with E-state index in [1.54, 1.807) is 30.3 Å². The van der Waals surface area contributed by atoms with E-state index in [9.17, 15) is 38.4 Å². The largest absolute Gasteiger partial charge is 0.457 e. The molecule has 332 valence electrons. The van der Waals surface area contributed by atoms with Crippen LogP contribution in [0.5, 0.6) is 23.0 Å². The monoisotopic (exact) mass is 876 g/mol. The maximum absolute atomic E-state index is 13.9. The van der Waals surface area contributed by atoms with Crippen molar-refractivity contribution >= 4 is 47.3 Å². The van der Waals surface area contributed by atoms with Gasteiger partial charge in [0, 0.05) is 29.7 Å². The first-order valence-corrected chi connectivity index (χ1v) is 21.7. The first kappa shape index (κ1) is 44.1. The van der Waals surface area contributed by atoms with Gasteiger partial charge in [0.1, 0.15) is 23.0 Å². The van der Waals surface area contributed by atoms with Gasteiger partial charge in [0.05, 0.1) is 46.4 Å². The number of amides is 8. The van der Waals surface area contributed by atoms with E-state index in [0.717, 1.165) is 25.8 Å². The van der Waals surface area contributed by atoms with Crippen LogP contribution in [0.25, 0.3) is 0 Å². The molecule has 8 amide bonds. The summed E-state index contributed by atoms with van der Waals surface area (Å²) in [7, 11) is 0. The Hall–Kier alpha value is -7.48. The third kappa shape index (κ3) is 7.42. The Labute approximate surface area is 376 Å². The lowest BCUT2D eigenvalue weighted by atomic mass is 9.78. The number of rotatable bonds is 16. The second-order valence-corrected chi connectivity index (χ2v) is 17.2. The minimum Gasteiger partial charge on any atom is -0.457 e. The Morgan fingerprint density at radius 2 is 0.754 bits per heavy atom. The fraction of sp³-hybridized carbons (Fsp3) is 0.294. The molecule has 0 saturated heterocycles. The number of nitrogens with zero attached hydrogens (tertiary/aromatic N) is 4. The van der Waals surface area contributed by atoms with Crippen LogP contribution in [0, 0.1) is 0 Å². The van der Waals surface area contributed by atoms with Crippen LogP contribution in [-0.4, -0.2) is 91.0 Å². The topological polar surface area (TPSA) is 168 Å². The highest BCUT2D eigenvalue weighted by molar-refractivity contribution is 6.23. The number of carbonyl (C=O) groups excluding carboxylic acids is 8. The third-order valence-corrected chi connectivity index (χ3v) is 13.6. The van der Waals surface area contributed by atoms with Gasteiger partial charge in [0.15, 0.2) is 0 Å². The summed E-state index contributed by atoms with van der Waals surface area (Å²) in [5, 5.41) is 0. The number of hydrogen-bond acceptors (Lipinski definition) is 10. The Morgan fingerprint density at radius 3 is 1.22 bits per heavy atom. The fourth-order valence-corrected chi connectivity index (χ4v) is 9.27. The van der Waals surface area contributed by atoms with E-state index in [0.29, 0.717) is 48.7 Å². The van der Waals surface area contributed by atoms with E-state index < -0.39 is 63.8 Å². The van der Waals surface area contributed by atoms with Crippen LogP contribution in [0.3, 0.4) is 0 Å². The number of benzene rings is 4.